The van der Waals surface area contributed by atoms with Crippen LogP contribution < -0.4 is 11.1 Å². The second-order valence-corrected chi connectivity index (χ2v) is 7.75. The van der Waals surface area contributed by atoms with Crippen molar-refractivity contribution in [2.24, 2.45) is 23.7 Å². The summed E-state index contributed by atoms with van der Waals surface area (Å²) in [6.07, 6.45) is 5.91. The summed E-state index contributed by atoms with van der Waals surface area (Å²) >= 11 is 6.06. The molecule has 1 fully saturated rings. The van der Waals surface area contributed by atoms with Gasteiger partial charge in [-0.2, -0.15) is 0 Å². The van der Waals surface area contributed by atoms with Crippen molar-refractivity contribution in [1.82, 2.24) is 19.7 Å². The number of likely N-dealkylation sites (tertiary alicyclic amines) is 1. The monoisotopic (exact) mass is 524 g/mol. The van der Waals surface area contributed by atoms with E-state index in [1.54, 1.807) is 7.05 Å². The Hall–Kier alpha value is -1.000. The first-order valence-electron chi connectivity index (χ1n) is 9.65. The Morgan fingerprint density at radius 3 is 2.61 bits per heavy atom. The van der Waals surface area contributed by atoms with E-state index in [1.165, 1.54) is 0 Å². The van der Waals surface area contributed by atoms with Gasteiger partial charge in [0.05, 0.1) is 11.6 Å². The minimum absolute atomic E-state index is 0. The first-order valence-corrected chi connectivity index (χ1v) is 10.0. The van der Waals surface area contributed by atoms with Gasteiger partial charge in [0.1, 0.15) is 0 Å². The number of carbonyl (C=O) groups is 1. The van der Waals surface area contributed by atoms with E-state index in [1.807, 2.05) is 30.9 Å². The normalized spacial score (nSPS) is 15.9. The summed E-state index contributed by atoms with van der Waals surface area (Å²) in [5.41, 5.74) is 6.53. The van der Waals surface area contributed by atoms with E-state index < -0.39 is 0 Å². The quantitative estimate of drug-likeness (QED) is 0.237. The van der Waals surface area contributed by atoms with E-state index in [2.05, 4.69) is 20.1 Å². The molecule has 0 radical (unpaired) electrons. The van der Waals surface area contributed by atoms with Crippen LogP contribution in [0.1, 0.15) is 31.4 Å². The minimum atomic E-state index is -0.146. The molecule has 1 aliphatic rings. The van der Waals surface area contributed by atoms with E-state index in [9.17, 15) is 4.79 Å². The molecule has 0 saturated carbocycles. The number of amides is 1. The van der Waals surface area contributed by atoms with Crippen LogP contribution in [0.3, 0.4) is 0 Å². The van der Waals surface area contributed by atoms with Crippen molar-refractivity contribution in [1.29, 1.82) is 0 Å². The highest BCUT2D eigenvalue weighted by atomic mass is 127. The lowest BCUT2D eigenvalue weighted by molar-refractivity contribution is -0.123. The molecule has 9 heteroatoms. The number of nitrogens with two attached hydrogens (primary N) is 1. The lowest BCUT2D eigenvalue weighted by atomic mass is 9.96. The van der Waals surface area contributed by atoms with Crippen LogP contribution in [0.4, 0.5) is 0 Å². The maximum atomic E-state index is 11.2. The molecule has 0 bridgehead atoms. The molecular weight excluding hydrogens is 491 g/mol. The number of nitrogens with one attached hydrogen (secondary N) is 1. The molecule has 1 saturated heterocycles. The number of nitrogens with zero attached hydrogens (tertiary/aromatic N) is 4. The van der Waals surface area contributed by atoms with Gasteiger partial charge in [-0.25, -0.2) is 0 Å². The molecule has 7 nitrogen and oxygen atoms in total. The van der Waals surface area contributed by atoms with E-state index >= 15 is 0 Å². The summed E-state index contributed by atoms with van der Waals surface area (Å²) in [6.45, 7) is 4.67. The molecule has 160 valence electrons. The largest absolute Gasteiger partial charge is 0.369 e. The molecule has 28 heavy (non-hydrogen) atoms. The predicted octanol–water partition coefficient (Wildman–Crippen LogP) is 2.28. The van der Waals surface area contributed by atoms with Gasteiger partial charge in [0.15, 0.2) is 5.96 Å². The molecule has 1 aromatic heterocycles. The second-order valence-electron chi connectivity index (χ2n) is 7.32. The molecule has 2 rings (SSSR count). The number of halogens is 2. The van der Waals surface area contributed by atoms with Crippen LogP contribution in [0.25, 0.3) is 0 Å². The molecule has 1 aliphatic heterocycles. The van der Waals surface area contributed by atoms with Crippen molar-refractivity contribution in [3.8, 4) is 0 Å². The van der Waals surface area contributed by atoms with Crippen molar-refractivity contribution in [2.75, 3.05) is 40.3 Å². The van der Waals surface area contributed by atoms with Crippen LogP contribution in [-0.4, -0.2) is 66.5 Å². The zero-order valence-electron chi connectivity index (χ0n) is 17.2. The smallest absolute Gasteiger partial charge is 0.220 e. The topological polar surface area (TPSA) is 78.9 Å². The Morgan fingerprint density at radius 1 is 1.39 bits per heavy atom. The van der Waals surface area contributed by atoms with Crippen LogP contribution in [0.2, 0.25) is 5.02 Å². The van der Waals surface area contributed by atoms with Crippen molar-refractivity contribution in [3.05, 3.63) is 23.0 Å². The van der Waals surface area contributed by atoms with Gasteiger partial charge in [-0.3, -0.25) is 9.79 Å². The number of hydrogen-bond acceptors (Lipinski definition) is 3. The molecule has 2 heterocycles. The molecule has 1 amide bonds. The highest BCUT2D eigenvalue weighted by molar-refractivity contribution is 14.0. The van der Waals surface area contributed by atoms with Crippen molar-refractivity contribution < 1.29 is 4.79 Å². The van der Waals surface area contributed by atoms with Crippen molar-refractivity contribution >= 4 is 47.4 Å². The standard InChI is InChI=1S/C19H33ClN6O.HI/c1-22-19(25(3)14-17-12-16(20)13-24(17)2)23-8-4-5-9-26-10-6-15(7-11-26)18(21)27;/h12-13,15H,4-11,14H2,1-3H3,(H2,21,27)(H,22,23);1H. The number of piperidine rings is 1. The van der Waals surface area contributed by atoms with E-state index in [0.717, 1.165) is 75.1 Å². The van der Waals surface area contributed by atoms with Crippen LogP contribution in [-0.2, 0) is 18.4 Å². The number of hydrogen-bond donors (Lipinski definition) is 2. The summed E-state index contributed by atoms with van der Waals surface area (Å²) in [5, 5.41) is 4.18. The van der Waals surface area contributed by atoms with Gasteiger partial charge in [-0.15, -0.1) is 24.0 Å². The third kappa shape index (κ3) is 7.79. The first kappa shape index (κ1) is 25.0. The Balaban J connectivity index is 0.00000392. The Bertz CT molecular complexity index is 642. The highest BCUT2D eigenvalue weighted by Gasteiger charge is 2.22. The van der Waals surface area contributed by atoms with Crippen LogP contribution in [0.15, 0.2) is 17.3 Å². The Morgan fingerprint density at radius 2 is 2.07 bits per heavy atom. The molecule has 0 aliphatic carbocycles. The third-order valence-electron chi connectivity index (χ3n) is 5.22. The van der Waals surface area contributed by atoms with Gasteiger partial charge in [0, 0.05) is 45.5 Å². The van der Waals surface area contributed by atoms with E-state index in [0.29, 0.717) is 0 Å². The Kier molecular flexibility index (Phi) is 11.2. The zero-order valence-corrected chi connectivity index (χ0v) is 20.2. The van der Waals surface area contributed by atoms with Crippen LogP contribution >= 0.6 is 35.6 Å². The molecule has 0 unspecified atom stereocenters. The van der Waals surface area contributed by atoms with Gasteiger partial charge >= 0.3 is 0 Å². The van der Waals surface area contributed by atoms with E-state index in [-0.39, 0.29) is 35.8 Å². The fraction of sp³-hybridized carbons (Fsp3) is 0.684. The summed E-state index contributed by atoms with van der Waals surface area (Å²) in [7, 11) is 5.83. The van der Waals surface area contributed by atoms with Crippen LogP contribution in [0.5, 0.6) is 0 Å². The van der Waals surface area contributed by atoms with Gasteiger partial charge in [0.25, 0.3) is 0 Å². The van der Waals surface area contributed by atoms with E-state index in [4.69, 9.17) is 17.3 Å². The molecule has 0 aromatic carbocycles. The molecule has 3 N–H and O–H groups in total. The number of carbonyl (C=O) groups excluding carboxylic acids is 1. The number of rotatable bonds is 8. The average Bonchev–Trinajstić information content (AvgIpc) is 2.95. The fourth-order valence-corrected chi connectivity index (χ4v) is 3.80. The highest BCUT2D eigenvalue weighted by Crippen LogP contribution is 2.17. The average molecular weight is 525 g/mol. The van der Waals surface area contributed by atoms with Gasteiger partial charge in [0.2, 0.25) is 5.91 Å². The minimum Gasteiger partial charge on any atom is -0.369 e. The van der Waals surface area contributed by atoms with Crippen molar-refractivity contribution in [3.63, 3.8) is 0 Å². The zero-order chi connectivity index (χ0) is 19.8. The molecule has 1 aromatic rings. The number of unbranched alkanes of at least 4 members (excludes halogenated alkanes) is 1. The lowest BCUT2D eigenvalue weighted by Gasteiger charge is -2.30. The molecule has 0 spiro atoms. The summed E-state index contributed by atoms with van der Waals surface area (Å²) in [6, 6.07) is 1.98. The van der Waals surface area contributed by atoms with Gasteiger partial charge in [-0.05, 0) is 51.4 Å². The number of aryl methyl sites for hydroxylation is 1. The van der Waals surface area contributed by atoms with Gasteiger partial charge in [-0.1, -0.05) is 11.6 Å². The molecule has 0 atom stereocenters. The van der Waals surface area contributed by atoms with Crippen LogP contribution in [0, 0.1) is 5.92 Å². The van der Waals surface area contributed by atoms with Gasteiger partial charge < -0.3 is 25.4 Å². The summed E-state index contributed by atoms with van der Waals surface area (Å²) in [4.78, 5) is 20.1. The van der Waals surface area contributed by atoms with Crippen molar-refractivity contribution in [2.45, 2.75) is 32.2 Å². The first-order chi connectivity index (χ1) is 12.9. The SMILES string of the molecule is CN=C(NCCCCN1CCC(C(N)=O)CC1)N(C)Cc1cc(Cl)cn1C.I. The fourth-order valence-electron chi connectivity index (χ4n) is 3.53. The number of aromatic nitrogens is 1. The number of primary amides is 1. The second kappa shape index (κ2) is 12.5. The third-order valence-corrected chi connectivity index (χ3v) is 5.43. The molecular formula is C19H34ClIN6O. The number of aliphatic imine (C=N–C) groups is 1. The lowest BCUT2D eigenvalue weighted by Crippen LogP contribution is -2.40. The summed E-state index contributed by atoms with van der Waals surface area (Å²) < 4.78 is 2.04. The maximum absolute atomic E-state index is 11.2. The maximum Gasteiger partial charge on any atom is 0.220 e. The summed E-state index contributed by atoms with van der Waals surface area (Å²) in [5.74, 6) is 0.808. The predicted molar refractivity (Wildman–Crippen MR) is 126 cm³/mol. The number of guanidine groups is 1. The Labute approximate surface area is 190 Å².